The molecule has 0 radical (unpaired) electrons. The molecule has 1 atom stereocenters. The van der Waals surface area contributed by atoms with Crippen LogP contribution >= 0.6 is 11.8 Å². The number of carbonyl (C=O) groups is 2. The number of ether oxygens (including phenoxy) is 2. The highest BCUT2D eigenvalue weighted by molar-refractivity contribution is 8.13. The Bertz CT molecular complexity index is 218. The predicted molar refractivity (Wildman–Crippen MR) is 64.3 cm³/mol. The molecule has 0 aliphatic carbocycles. The van der Waals surface area contributed by atoms with Crippen LogP contribution in [0.3, 0.4) is 0 Å². The fourth-order valence-electron chi connectivity index (χ4n) is 1.07. The first-order chi connectivity index (χ1) is 7.61. The lowest BCUT2D eigenvalue weighted by atomic mass is 10.1. The summed E-state index contributed by atoms with van der Waals surface area (Å²) in [6.07, 6.45) is 2.87. The van der Waals surface area contributed by atoms with E-state index in [4.69, 9.17) is 4.74 Å². The third-order valence-electron chi connectivity index (χ3n) is 2.03. The highest BCUT2D eigenvalue weighted by atomic mass is 32.2. The van der Waals surface area contributed by atoms with E-state index in [1.807, 2.05) is 13.8 Å². The summed E-state index contributed by atoms with van der Waals surface area (Å²) in [4.78, 5) is 22.3. The molecule has 0 bridgehead atoms. The van der Waals surface area contributed by atoms with Crippen LogP contribution in [0.2, 0.25) is 0 Å². The first-order valence-electron chi connectivity index (χ1n) is 5.58. The molecule has 5 heteroatoms. The van der Waals surface area contributed by atoms with Crippen LogP contribution in [0.25, 0.3) is 0 Å². The van der Waals surface area contributed by atoms with Gasteiger partial charge in [0.2, 0.25) is 6.79 Å². The molecule has 0 aromatic rings. The highest BCUT2D eigenvalue weighted by Crippen LogP contribution is 2.10. The molecule has 0 fully saturated rings. The molecule has 0 spiro atoms. The van der Waals surface area contributed by atoms with Crippen molar-refractivity contribution in [2.75, 3.05) is 12.5 Å². The molecule has 0 N–H and O–H groups in total. The molecule has 4 nitrogen and oxygen atoms in total. The Labute approximate surface area is 101 Å². The van der Waals surface area contributed by atoms with Crippen molar-refractivity contribution in [2.45, 2.75) is 40.0 Å². The lowest BCUT2D eigenvalue weighted by Gasteiger charge is -2.10. The van der Waals surface area contributed by atoms with Gasteiger partial charge in [-0.1, -0.05) is 33.6 Å². The zero-order valence-electron chi connectivity index (χ0n) is 10.2. The molecular weight excluding hydrogens is 228 g/mol. The van der Waals surface area contributed by atoms with Gasteiger partial charge < -0.3 is 9.47 Å². The average Bonchev–Trinajstić information content (AvgIpc) is 2.26. The van der Waals surface area contributed by atoms with E-state index in [0.717, 1.165) is 31.0 Å². The average molecular weight is 248 g/mol. The molecule has 0 saturated carbocycles. The topological polar surface area (TPSA) is 52.6 Å². The largest absolute Gasteiger partial charge is 0.428 e. The van der Waals surface area contributed by atoms with Gasteiger partial charge in [-0.25, -0.2) is 4.79 Å². The van der Waals surface area contributed by atoms with E-state index in [-0.39, 0.29) is 18.7 Å². The zero-order chi connectivity index (χ0) is 12.4. The Morgan fingerprint density at radius 3 is 2.50 bits per heavy atom. The Hall–Kier alpha value is -0.710. The van der Waals surface area contributed by atoms with Crippen molar-refractivity contribution >= 4 is 23.0 Å². The van der Waals surface area contributed by atoms with Gasteiger partial charge in [0, 0.05) is 5.75 Å². The van der Waals surface area contributed by atoms with Crippen LogP contribution in [-0.4, -0.2) is 23.8 Å². The molecule has 0 rings (SSSR count). The van der Waals surface area contributed by atoms with Crippen molar-refractivity contribution in [3.05, 3.63) is 0 Å². The molecule has 0 aromatic heterocycles. The molecule has 0 amide bonds. The second-order valence-corrected chi connectivity index (χ2v) is 4.65. The number of esters is 1. The van der Waals surface area contributed by atoms with Gasteiger partial charge in [0.1, 0.15) is 0 Å². The SMILES string of the molecule is CCCCC(C)C(=O)OCOC(=O)SCC. The van der Waals surface area contributed by atoms with E-state index in [0.29, 0.717) is 5.75 Å². The zero-order valence-corrected chi connectivity index (χ0v) is 11.0. The standard InChI is InChI=1S/C11H20O4S/c1-4-6-7-9(3)10(12)14-8-15-11(13)16-5-2/h9H,4-8H2,1-3H3. The van der Waals surface area contributed by atoms with Crippen LogP contribution in [0.1, 0.15) is 40.0 Å². The third-order valence-corrected chi connectivity index (χ3v) is 2.68. The van der Waals surface area contributed by atoms with Crippen LogP contribution in [0.15, 0.2) is 0 Å². The monoisotopic (exact) mass is 248 g/mol. The van der Waals surface area contributed by atoms with Crippen molar-refractivity contribution in [1.29, 1.82) is 0 Å². The van der Waals surface area contributed by atoms with Crippen molar-refractivity contribution in [2.24, 2.45) is 5.92 Å². The number of rotatable bonds is 7. The maximum absolute atomic E-state index is 11.4. The van der Waals surface area contributed by atoms with Gasteiger partial charge in [0.05, 0.1) is 5.92 Å². The smallest absolute Gasteiger partial charge is 0.370 e. The van der Waals surface area contributed by atoms with Crippen molar-refractivity contribution < 1.29 is 19.1 Å². The Morgan fingerprint density at radius 2 is 1.94 bits per heavy atom. The van der Waals surface area contributed by atoms with E-state index in [2.05, 4.69) is 11.7 Å². The van der Waals surface area contributed by atoms with Gasteiger partial charge in [0.15, 0.2) is 0 Å². The minimum atomic E-state index is -0.406. The lowest BCUT2D eigenvalue weighted by molar-refractivity contribution is -0.155. The Kier molecular flexibility index (Phi) is 9.09. The maximum Gasteiger partial charge on any atom is 0.370 e. The summed E-state index contributed by atoms with van der Waals surface area (Å²) in [5, 5.41) is -0.406. The van der Waals surface area contributed by atoms with Crippen molar-refractivity contribution in [1.82, 2.24) is 0 Å². The predicted octanol–water partition coefficient (Wildman–Crippen LogP) is 3.20. The fraction of sp³-hybridized carbons (Fsp3) is 0.818. The van der Waals surface area contributed by atoms with E-state index in [1.54, 1.807) is 0 Å². The molecule has 16 heavy (non-hydrogen) atoms. The number of thioether (sulfide) groups is 1. The summed E-state index contributed by atoms with van der Waals surface area (Å²) in [5.74, 6) is 0.222. The van der Waals surface area contributed by atoms with Crippen LogP contribution in [0.5, 0.6) is 0 Å². The number of hydrogen-bond acceptors (Lipinski definition) is 5. The van der Waals surface area contributed by atoms with E-state index < -0.39 is 5.30 Å². The number of hydrogen-bond donors (Lipinski definition) is 0. The van der Waals surface area contributed by atoms with Crippen LogP contribution in [0, 0.1) is 5.92 Å². The van der Waals surface area contributed by atoms with Crippen LogP contribution in [0.4, 0.5) is 4.79 Å². The third kappa shape index (κ3) is 7.56. The van der Waals surface area contributed by atoms with Crippen molar-refractivity contribution in [3.8, 4) is 0 Å². The number of unbranched alkanes of at least 4 members (excludes halogenated alkanes) is 1. The van der Waals surface area contributed by atoms with Gasteiger partial charge in [-0.05, 0) is 18.2 Å². The fourth-order valence-corrected chi connectivity index (χ4v) is 1.43. The minimum absolute atomic E-state index is 0.127. The molecule has 0 heterocycles. The van der Waals surface area contributed by atoms with Gasteiger partial charge >= 0.3 is 11.3 Å². The van der Waals surface area contributed by atoms with E-state index in [9.17, 15) is 9.59 Å². The number of carbonyl (C=O) groups excluding carboxylic acids is 2. The van der Waals surface area contributed by atoms with E-state index >= 15 is 0 Å². The molecule has 0 aliphatic heterocycles. The van der Waals surface area contributed by atoms with Crippen LogP contribution < -0.4 is 0 Å². The van der Waals surface area contributed by atoms with Gasteiger partial charge in [0.25, 0.3) is 0 Å². The van der Waals surface area contributed by atoms with Crippen molar-refractivity contribution in [3.63, 3.8) is 0 Å². The normalized spacial score (nSPS) is 11.9. The quantitative estimate of drug-likeness (QED) is 0.511. The van der Waals surface area contributed by atoms with Gasteiger partial charge in [-0.2, -0.15) is 0 Å². The van der Waals surface area contributed by atoms with Gasteiger partial charge in [-0.15, -0.1) is 0 Å². The molecular formula is C11H20O4S. The van der Waals surface area contributed by atoms with E-state index in [1.165, 1.54) is 0 Å². The first kappa shape index (κ1) is 15.3. The Morgan fingerprint density at radius 1 is 1.25 bits per heavy atom. The molecule has 1 unspecified atom stereocenters. The lowest BCUT2D eigenvalue weighted by Crippen LogP contribution is -2.17. The molecule has 0 aromatic carbocycles. The second kappa shape index (κ2) is 9.51. The summed E-state index contributed by atoms with van der Waals surface area (Å²) in [6, 6.07) is 0. The summed E-state index contributed by atoms with van der Waals surface area (Å²) in [7, 11) is 0. The summed E-state index contributed by atoms with van der Waals surface area (Å²) < 4.78 is 9.51. The maximum atomic E-state index is 11.4. The summed E-state index contributed by atoms with van der Waals surface area (Å²) in [5.41, 5.74) is 0. The Balaban J connectivity index is 3.60. The van der Waals surface area contributed by atoms with Gasteiger partial charge in [-0.3, -0.25) is 4.79 Å². The molecule has 0 aliphatic rings. The summed E-state index contributed by atoms with van der Waals surface area (Å²) in [6.45, 7) is 5.47. The highest BCUT2D eigenvalue weighted by Gasteiger charge is 2.14. The first-order valence-corrected chi connectivity index (χ1v) is 6.56. The van der Waals surface area contributed by atoms with Crippen LogP contribution in [-0.2, 0) is 14.3 Å². The minimum Gasteiger partial charge on any atom is -0.428 e. The molecule has 0 saturated heterocycles. The molecule has 94 valence electrons. The summed E-state index contributed by atoms with van der Waals surface area (Å²) >= 11 is 1.05. The second-order valence-electron chi connectivity index (χ2n) is 3.45.